The number of methoxy groups -OCH3 is 1. The molecule has 4 nitrogen and oxygen atoms in total. The zero-order valence-corrected chi connectivity index (χ0v) is 11.2. The van der Waals surface area contributed by atoms with E-state index in [9.17, 15) is 4.79 Å². The number of ether oxygens (including phenoxy) is 2. The lowest BCUT2D eigenvalue weighted by atomic mass is 10.1. The lowest BCUT2D eigenvalue weighted by molar-refractivity contribution is 0.0469. The highest BCUT2D eigenvalue weighted by molar-refractivity contribution is 5.67. The second kappa shape index (κ2) is 7.71. The summed E-state index contributed by atoms with van der Waals surface area (Å²) in [6.45, 7) is 4.41. The largest absolute Gasteiger partial charge is 0.445 e. The molecule has 1 atom stereocenters. The highest BCUT2D eigenvalue weighted by atomic mass is 16.6. The first-order valence-electron chi connectivity index (χ1n) is 6.11. The number of rotatable bonds is 6. The Kier molecular flexibility index (Phi) is 6.22. The van der Waals surface area contributed by atoms with Crippen molar-refractivity contribution in [1.82, 2.24) is 5.32 Å². The summed E-state index contributed by atoms with van der Waals surface area (Å²) in [7, 11) is 1.57. The molecule has 0 aromatic heterocycles. The van der Waals surface area contributed by atoms with Gasteiger partial charge in [-0.25, -0.2) is 4.79 Å². The van der Waals surface area contributed by atoms with Gasteiger partial charge >= 0.3 is 6.09 Å². The molecule has 1 unspecified atom stereocenters. The Morgan fingerprint density at radius 3 is 2.50 bits per heavy atom. The summed E-state index contributed by atoms with van der Waals surface area (Å²) in [4.78, 5) is 11.6. The zero-order valence-electron chi connectivity index (χ0n) is 11.2. The predicted molar refractivity (Wildman–Crippen MR) is 70.0 cm³/mol. The first-order valence-corrected chi connectivity index (χ1v) is 6.11. The topological polar surface area (TPSA) is 47.6 Å². The average molecular weight is 251 g/mol. The van der Waals surface area contributed by atoms with Gasteiger partial charge in [0.25, 0.3) is 0 Å². The minimum absolute atomic E-state index is 0.269. The van der Waals surface area contributed by atoms with E-state index < -0.39 is 6.09 Å². The molecular formula is C14H21NO3. The van der Waals surface area contributed by atoms with E-state index in [0.29, 0.717) is 5.92 Å². The van der Waals surface area contributed by atoms with Crippen molar-refractivity contribution in [3.8, 4) is 0 Å². The van der Waals surface area contributed by atoms with Crippen LogP contribution in [0.1, 0.15) is 25.8 Å². The summed E-state index contributed by atoms with van der Waals surface area (Å²) in [5.41, 5.74) is 0.963. The van der Waals surface area contributed by atoms with Crippen LogP contribution in [0.4, 0.5) is 4.79 Å². The molecule has 1 aromatic rings. The summed E-state index contributed by atoms with van der Waals surface area (Å²) < 4.78 is 10.3. The highest BCUT2D eigenvalue weighted by Crippen LogP contribution is 2.06. The van der Waals surface area contributed by atoms with Gasteiger partial charge in [-0.05, 0) is 17.9 Å². The van der Waals surface area contributed by atoms with Gasteiger partial charge in [0.2, 0.25) is 0 Å². The summed E-state index contributed by atoms with van der Waals surface area (Å²) >= 11 is 0. The van der Waals surface area contributed by atoms with Gasteiger partial charge in [-0.15, -0.1) is 0 Å². The number of amides is 1. The molecule has 0 radical (unpaired) electrons. The number of carbonyl (C=O) groups is 1. The number of carbonyl (C=O) groups excluding carboxylic acids is 1. The standard InChI is InChI=1S/C14H21NO3/c1-11(2)9-13(17-3)15-14(16)18-10-12-7-5-4-6-8-12/h4-8,11,13H,9-10H2,1-3H3,(H,15,16). The number of hydrogen-bond donors (Lipinski definition) is 1. The average Bonchev–Trinajstić information content (AvgIpc) is 2.36. The van der Waals surface area contributed by atoms with Gasteiger partial charge < -0.3 is 9.47 Å². The Labute approximate surface area is 108 Å². The van der Waals surface area contributed by atoms with Crippen molar-refractivity contribution in [2.75, 3.05) is 7.11 Å². The van der Waals surface area contributed by atoms with Gasteiger partial charge in [-0.2, -0.15) is 0 Å². The first-order chi connectivity index (χ1) is 8.61. The number of benzene rings is 1. The van der Waals surface area contributed by atoms with E-state index >= 15 is 0 Å². The molecule has 0 heterocycles. The van der Waals surface area contributed by atoms with E-state index in [1.54, 1.807) is 7.11 Å². The third-order valence-electron chi connectivity index (χ3n) is 2.46. The van der Waals surface area contributed by atoms with Crippen LogP contribution in [0.3, 0.4) is 0 Å². The zero-order chi connectivity index (χ0) is 13.4. The van der Waals surface area contributed by atoms with Crippen LogP contribution in [0.2, 0.25) is 0 Å². The second-order valence-electron chi connectivity index (χ2n) is 4.56. The van der Waals surface area contributed by atoms with Gasteiger partial charge in [-0.3, -0.25) is 5.32 Å². The summed E-state index contributed by atoms with van der Waals surface area (Å²) in [6.07, 6.45) is 0.0105. The van der Waals surface area contributed by atoms with E-state index in [2.05, 4.69) is 19.2 Å². The molecule has 0 fully saturated rings. The van der Waals surface area contributed by atoms with E-state index in [4.69, 9.17) is 9.47 Å². The molecule has 0 saturated carbocycles. The fourth-order valence-corrected chi connectivity index (χ4v) is 1.54. The molecule has 1 N–H and O–H groups in total. The number of nitrogens with one attached hydrogen (secondary N) is 1. The van der Waals surface area contributed by atoms with Crippen LogP contribution >= 0.6 is 0 Å². The summed E-state index contributed by atoms with van der Waals surface area (Å²) in [5, 5.41) is 2.68. The number of alkyl carbamates (subject to hydrolysis) is 1. The molecule has 0 bridgehead atoms. The fraction of sp³-hybridized carbons (Fsp3) is 0.500. The van der Waals surface area contributed by atoms with E-state index in [1.807, 2.05) is 30.3 Å². The van der Waals surface area contributed by atoms with Crippen molar-refractivity contribution in [2.24, 2.45) is 5.92 Å². The maximum Gasteiger partial charge on any atom is 0.409 e. The van der Waals surface area contributed by atoms with E-state index in [1.165, 1.54) is 0 Å². The maximum absolute atomic E-state index is 11.6. The van der Waals surface area contributed by atoms with E-state index in [-0.39, 0.29) is 12.8 Å². The minimum Gasteiger partial charge on any atom is -0.445 e. The van der Waals surface area contributed by atoms with Crippen molar-refractivity contribution in [1.29, 1.82) is 0 Å². The Bertz CT molecular complexity index is 351. The molecule has 0 saturated heterocycles. The molecule has 100 valence electrons. The third-order valence-corrected chi connectivity index (χ3v) is 2.46. The molecule has 1 aromatic carbocycles. The number of hydrogen-bond acceptors (Lipinski definition) is 3. The van der Waals surface area contributed by atoms with Crippen molar-refractivity contribution >= 4 is 6.09 Å². The maximum atomic E-state index is 11.6. The molecule has 1 amide bonds. The van der Waals surface area contributed by atoms with Crippen LogP contribution in [0.25, 0.3) is 0 Å². The van der Waals surface area contributed by atoms with Gasteiger partial charge in [0, 0.05) is 7.11 Å². The summed E-state index contributed by atoms with van der Waals surface area (Å²) in [6, 6.07) is 9.57. The normalized spacial score (nSPS) is 12.2. The lowest BCUT2D eigenvalue weighted by Gasteiger charge is -2.18. The third kappa shape index (κ3) is 5.68. The second-order valence-corrected chi connectivity index (χ2v) is 4.56. The Morgan fingerprint density at radius 2 is 1.94 bits per heavy atom. The molecule has 0 aliphatic carbocycles. The molecule has 0 spiro atoms. The highest BCUT2D eigenvalue weighted by Gasteiger charge is 2.13. The van der Waals surface area contributed by atoms with Crippen molar-refractivity contribution in [3.05, 3.63) is 35.9 Å². The van der Waals surface area contributed by atoms with Crippen LogP contribution in [0.15, 0.2) is 30.3 Å². The quantitative estimate of drug-likeness (QED) is 0.791. The van der Waals surface area contributed by atoms with Crippen LogP contribution in [-0.2, 0) is 16.1 Å². The van der Waals surface area contributed by atoms with Gasteiger partial charge in [0.15, 0.2) is 0 Å². The van der Waals surface area contributed by atoms with Crippen molar-refractivity contribution in [3.63, 3.8) is 0 Å². The Balaban J connectivity index is 2.32. The van der Waals surface area contributed by atoms with Crippen LogP contribution < -0.4 is 5.32 Å². The van der Waals surface area contributed by atoms with Crippen LogP contribution in [-0.4, -0.2) is 19.4 Å². The monoisotopic (exact) mass is 251 g/mol. The first kappa shape index (κ1) is 14.5. The van der Waals surface area contributed by atoms with Crippen LogP contribution in [0.5, 0.6) is 0 Å². The summed E-state index contributed by atoms with van der Waals surface area (Å²) in [5.74, 6) is 0.448. The lowest BCUT2D eigenvalue weighted by Crippen LogP contribution is -2.37. The smallest absolute Gasteiger partial charge is 0.409 e. The van der Waals surface area contributed by atoms with Crippen molar-refractivity contribution < 1.29 is 14.3 Å². The van der Waals surface area contributed by atoms with E-state index in [0.717, 1.165) is 12.0 Å². The molecule has 0 aliphatic rings. The molecular weight excluding hydrogens is 230 g/mol. The van der Waals surface area contributed by atoms with Crippen molar-refractivity contribution in [2.45, 2.75) is 33.1 Å². The molecule has 18 heavy (non-hydrogen) atoms. The molecule has 4 heteroatoms. The Hall–Kier alpha value is -1.55. The van der Waals surface area contributed by atoms with Gasteiger partial charge in [0.05, 0.1) is 0 Å². The Morgan fingerprint density at radius 1 is 1.28 bits per heavy atom. The molecule has 1 rings (SSSR count). The van der Waals surface area contributed by atoms with Gasteiger partial charge in [-0.1, -0.05) is 44.2 Å². The fourth-order valence-electron chi connectivity index (χ4n) is 1.54. The predicted octanol–water partition coefficient (Wildman–Crippen LogP) is 2.93. The molecule has 0 aliphatic heterocycles. The van der Waals surface area contributed by atoms with Crippen LogP contribution in [0, 0.1) is 5.92 Å². The van der Waals surface area contributed by atoms with Gasteiger partial charge in [0.1, 0.15) is 12.8 Å². The minimum atomic E-state index is -0.452. The SMILES string of the molecule is COC(CC(C)C)NC(=O)OCc1ccccc1.